The largest absolute Gasteiger partial charge is 0.331 e. The maximum Gasteiger partial charge on any atom is 0.281 e. The third kappa shape index (κ3) is 2.38. The van der Waals surface area contributed by atoms with Gasteiger partial charge in [0.05, 0.1) is 0 Å². The Bertz CT molecular complexity index is 74.8. The van der Waals surface area contributed by atoms with Crippen LogP contribution in [0.2, 0.25) is 6.04 Å². The van der Waals surface area contributed by atoms with Gasteiger partial charge in [0, 0.05) is 38.0 Å². The average molecular weight is 161 g/mol. The molecule has 3 nitrogen and oxygen atoms in total. The van der Waals surface area contributed by atoms with Crippen LogP contribution in [0, 0.1) is 0 Å². The van der Waals surface area contributed by atoms with Crippen LogP contribution in [0.15, 0.2) is 0 Å². The summed E-state index contributed by atoms with van der Waals surface area (Å²) in [5.41, 5.74) is 0. The minimum Gasteiger partial charge on any atom is -0.331 e. The highest BCUT2D eigenvalue weighted by Crippen LogP contribution is 2.17. The summed E-state index contributed by atoms with van der Waals surface area (Å²) in [6.07, 6.45) is 0.660. The molecule has 0 bridgehead atoms. The summed E-state index contributed by atoms with van der Waals surface area (Å²) in [4.78, 5) is 0. The quantitative estimate of drug-likeness (QED) is 0.435. The van der Waals surface area contributed by atoms with Gasteiger partial charge in [0.25, 0.3) is 5.97 Å². The van der Waals surface area contributed by atoms with Crippen molar-refractivity contribution in [3.8, 4) is 0 Å². The lowest BCUT2D eigenvalue weighted by molar-refractivity contribution is -0.352. The van der Waals surface area contributed by atoms with Gasteiger partial charge in [0.15, 0.2) is 0 Å². The van der Waals surface area contributed by atoms with Crippen molar-refractivity contribution in [3.63, 3.8) is 0 Å². The number of hydrogen-bond donors (Lipinski definition) is 0. The highest BCUT2D eigenvalue weighted by atomic mass is 28.1. The third-order valence-electron chi connectivity index (χ3n) is 1.36. The first-order valence-electron chi connectivity index (χ1n) is 3.04. The average Bonchev–Trinajstić information content (AvgIpc) is 2.01. The zero-order chi connectivity index (χ0) is 8.04. The molecule has 0 aliphatic heterocycles. The van der Waals surface area contributed by atoms with Gasteiger partial charge in [-0.2, -0.15) is 0 Å². The molecule has 0 heterocycles. The molecular formula is C6H13O3Si. The molecule has 0 spiro atoms. The smallest absolute Gasteiger partial charge is 0.281 e. The van der Waals surface area contributed by atoms with Gasteiger partial charge in [0.2, 0.25) is 0 Å². The first kappa shape index (κ1) is 10.1. The highest BCUT2D eigenvalue weighted by Gasteiger charge is 2.27. The maximum atomic E-state index is 5.00. The minimum atomic E-state index is -0.873. The Morgan fingerprint density at radius 1 is 1.10 bits per heavy atom. The summed E-state index contributed by atoms with van der Waals surface area (Å²) < 4.78 is 15.0. The normalized spacial score (nSPS) is 12.0. The zero-order valence-electron chi connectivity index (χ0n) is 6.64. The predicted octanol–water partition coefficient (Wildman–Crippen LogP) is 0.556. The van der Waals surface area contributed by atoms with E-state index >= 15 is 0 Å². The number of hydrogen-bond acceptors (Lipinski definition) is 3. The van der Waals surface area contributed by atoms with Crippen LogP contribution in [-0.4, -0.2) is 37.5 Å². The van der Waals surface area contributed by atoms with Crippen LogP contribution in [0.3, 0.4) is 0 Å². The first-order chi connectivity index (χ1) is 4.74. The van der Waals surface area contributed by atoms with Gasteiger partial charge < -0.3 is 14.2 Å². The van der Waals surface area contributed by atoms with Crippen LogP contribution < -0.4 is 0 Å². The molecule has 0 saturated heterocycles. The van der Waals surface area contributed by atoms with Gasteiger partial charge in [0.1, 0.15) is 0 Å². The molecule has 0 fully saturated rings. The van der Waals surface area contributed by atoms with Crippen molar-refractivity contribution in [1.82, 2.24) is 0 Å². The lowest BCUT2D eigenvalue weighted by Gasteiger charge is -2.27. The van der Waals surface area contributed by atoms with Crippen LogP contribution in [0.4, 0.5) is 0 Å². The summed E-state index contributed by atoms with van der Waals surface area (Å²) in [6.45, 7) is 0. The Balaban J connectivity index is 3.87. The third-order valence-corrected chi connectivity index (χ3v) is 1.61. The molecule has 0 atom stereocenters. The second kappa shape index (κ2) is 4.84. The fraction of sp³-hybridized carbons (Fsp3) is 1.00. The summed E-state index contributed by atoms with van der Waals surface area (Å²) in [7, 11) is 7.96. The SMILES string of the molecule is COC(CC[Si])(OC)OC. The summed E-state index contributed by atoms with van der Waals surface area (Å²) in [5, 5.41) is 0. The molecule has 0 aromatic carbocycles. The molecule has 0 unspecified atom stereocenters. The lowest BCUT2D eigenvalue weighted by atomic mass is 10.4. The van der Waals surface area contributed by atoms with Gasteiger partial charge in [-0.25, -0.2) is 0 Å². The van der Waals surface area contributed by atoms with E-state index in [0.717, 1.165) is 6.04 Å². The Hall–Kier alpha value is 0.0969. The van der Waals surface area contributed by atoms with Gasteiger partial charge in [-0.1, -0.05) is 6.04 Å². The fourth-order valence-electron chi connectivity index (χ4n) is 0.709. The molecule has 0 N–H and O–H groups in total. The molecule has 0 aromatic heterocycles. The molecule has 0 amide bonds. The van der Waals surface area contributed by atoms with E-state index in [4.69, 9.17) is 14.2 Å². The molecule has 0 aromatic rings. The van der Waals surface area contributed by atoms with E-state index in [9.17, 15) is 0 Å². The van der Waals surface area contributed by atoms with Gasteiger partial charge in [-0.3, -0.25) is 0 Å². The van der Waals surface area contributed by atoms with E-state index in [1.807, 2.05) is 0 Å². The van der Waals surface area contributed by atoms with E-state index in [1.54, 1.807) is 21.3 Å². The summed E-state index contributed by atoms with van der Waals surface area (Å²) >= 11 is 0. The van der Waals surface area contributed by atoms with E-state index in [2.05, 4.69) is 10.2 Å². The standard InChI is InChI=1S/C6H13O3Si/c1-7-6(8-2,9-3)4-5-10/h4-5H2,1-3H3. The summed E-state index contributed by atoms with van der Waals surface area (Å²) in [6, 6.07) is 0.773. The molecule has 59 valence electrons. The highest BCUT2D eigenvalue weighted by molar-refractivity contribution is 6.08. The number of rotatable bonds is 5. The van der Waals surface area contributed by atoms with E-state index in [-0.39, 0.29) is 0 Å². The van der Waals surface area contributed by atoms with Crippen molar-refractivity contribution in [2.45, 2.75) is 18.4 Å². The minimum absolute atomic E-state index is 0.660. The van der Waals surface area contributed by atoms with Crippen molar-refractivity contribution < 1.29 is 14.2 Å². The van der Waals surface area contributed by atoms with Gasteiger partial charge >= 0.3 is 0 Å². The van der Waals surface area contributed by atoms with Gasteiger partial charge in [-0.05, 0) is 0 Å². The van der Waals surface area contributed by atoms with E-state index in [1.165, 1.54) is 0 Å². The molecule has 0 aliphatic rings. The molecule has 4 heteroatoms. The molecule has 0 rings (SSSR count). The number of methoxy groups -OCH3 is 3. The van der Waals surface area contributed by atoms with E-state index in [0.29, 0.717) is 6.42 Å². The monoisotopic (exact) mass is 161 g/mol. The Morgan fingerprint density at radius 2 is 1.50 bits per heavy atom. The number of ether oxygens (including phenoxy) is 3. The molecular weight excluding hydrogens is 148 g/mol. The van der Waals surface area contributed by atoms with Gasteiger partial charge in [-0.15, -0.1) is 0 Å². The molecule has 0 saturated carbocycles. The molecule has 3 radical (unpaired) electrons. The van der Waals surface area contributed by atoms with Crippen molar-refractivity contribution >= 4 is 10.2 Å². The van der Waals surface area contributed by atoms with Crippen molar-refractivity contribution in [2.24, 2.45) is 0 Å². The zero-order valence-corrected chi connectivity index (χ0v) is 7.64. The van der Waals surface area contributed by atoms with Crippen LogP contribution in [0.5, 0.6) is 0 Å². The first-order valence-corrected chi connectivity index (χ1v) is 3.75. The van der Waals surface area contributed by atoms with Crippen molar-refractivity contribution in [2.75, 3.05) is 21.3 Å². The second-order valence-electron chi connectivity index (χ2n) is 1.80. The van der Waals surface area contributed by atoms with Crippen molar-refractivity contribution in [3.05, 3.63) is 0 Å². The van der Waals surface area contributed by atoms with E-state index < -0.39 is 5.97 Å². The van der Waals surface area contributed by atoms with Crippen molar-refractivity contribution in [1.29, 1.82) is 0 Å². The summed E-state index contributed by atoms with van der Waals surface area (Å²) in [5.74, 6) is -0.873. The van der Waals surface area contributed by atoms with Crippen LogP contribution in [0.25, 0.3) is 0 Å². The fourth-order valence-corrected chi connectivity index (χ4v) is 1.02. The molecule has 0 aliphatic carbocycles. The Kier molecular flexibility index (Phi) is 4.89. The van der Waals surface area contributed by atoms with Crippen LogP contribution in [0.1, 0.15) is 6.42 Å². The lowest BCUT2D eigenvalue weighted by Crippen LogP contribution is -2.35. The van der Waals surface area contributed by atoms with Crippen LogP contribution in [-0.2, 0) is 14.2 Å². The second-order valence-corrected chi connectivity index (χ2v) is 2.30. The Labute approximate surface area is 65.1 Å². The predicted molar refractivity (Wildman–Crippen MR) is 38.9 cm³/mol. The Morgan fingerprint density at radius 3 is 1.60 bits per heavy atom. The topological polar surface area (TPSA) is 27.7 Å². The molecule has 10 heavy (non-hydrogen) atoms. The van der Waals surface area contributed by atoms with Crippen LogP contribution >= 0.6 is 0 Å². The maximum absolute atomic E-state index is 5.00.